The molecule has 0 spiro atoms. The first-order chi connectivity index (χ1) is 13.1. The highest BCUT2D eigenvalue weighted by molar-refractivity contribution is 5.90. The quantitative estimate of drug-likeness (QED) is 0.850. The van der Waals surface area contributed by atoms with Crippen LogP contribution in [0.5, 0.6) is 5.88 Å². The molecule has 3 fully saturated rings. The molecule has 8 nitrogen and oxygen atoms in total. The summed E-state index contributed by atoms with van der Waals surface area (Å²) in [6.07, 6.45) is 0.401. The van der Waals surface area contributed by atoms with E-state index in [1.807, 2.05) is 4.90 Å². The van der Waals surface area contributed by atoms with Crippen LogP contribution in [0.15, 0.2) is 35.1 Å². The van der Waals surface area contributed by atoms with E-state index < -0.39 is 12.2 Å². The van der Waals surface area contributed by atoms with E-state index in [4.69, 9.17) is 15.2 Å². The summed E-state index contributed by atoms with van der Waals surface area (Å²) in [5, 5.41) is 3.63. The number of hydrogen-bond donors (Lipinski definition) is 1. The smallest absolute Gasteiger partial charge is 0.414 e. The Kier molecular flexibility index (Phi) is 3.71. The topological polar surface area (TPSA) is 94.1 Å². The molecule has 1 aliphatic carbocycles. The normalized spacial score (nSPS) is 29.0. The Morgan fingerprint density at radius 2 is 2.07 bits per heavy atom. The number of rotatable bonds is 5. The Bertz CT molecular complexity index is 849. The molecule has 1 amide bonds. The van der Waals surface area contributed by atoms with Crippen molar-refractivity contribution >= 4 is 17.5 Å². The summed E-state index contributed by atoms with van der Waals surface area (Å²) in [5.74, 6) is 0.923. The highest BCUT2D eigenvalue weighted by atomic mass is 19.1. The van der Waals surface area contributed by atoms with Crippen LogP contribution in [-0.2, 0) is 4.74 Å². The van der Waals surface area contributed by atoms with Gasteiger partial charge in [0, 0.05) is 25.2 Å². The zero-order valence-corrected chi connectivity index (χ0v) is 14.5. The lowest BCUT2D eigenvalue weighted by atomic mass is 10.2. The number of fused-ring (bicyclic) bond motifs is 1. The zero-order valence-electron chi connectivity index (χ0n) is 14.5. The van der Waals surface area contributed by atoms with Crippen molar-refractivity contribution in [3.63, 3.8) is 0 Å². The van der Waals surface area contributed by atoms with E-state index in [0.29, 0.717) is 29.1 Å². The highest BCUT2D eigenvalue weighted by Crippen LogP contribution is 2.45. The third-order valence-electron chi connectivity index (χ3n) is 5.55. The van der Waals surface area contributed by atoms with Crippen molar-refractivity contribution < 1.29 is 23.2 Å². The number of aromatic nitrogens is 1. The molecule has 3 aliphatic rings. The number of piperidine rings is 1. The molecule has 3 heterocycles. The van der Waals surface area contributed by atoms with Gasteiger partial charge in [-0.05, 0) is 35.2 Å². The van der Waals surface area contributed by atoms with E-state index in [0.717, 1.165) is 13.1 Å². The van der Waals surface area contributed by atoms with Crippen LogP contribution in [-0.4, -0.2) is 49.6 Å². The van der Waals surface area contributed by atoms with Gasteiger partial charge in [0.2, 0.25) is 0 Å². The summed E-state index contributed by atoms with van der Waals surface area (Å²) in [6, 6.07) is 6.66. The number of hydrogen-bond acceptors (Lipinski definition) is 7. The average Bonchev–Trinajstić information content (AvgIpc) is 3.16. The van der Waals surface area contributed by atoms with Crippen molar-refractivity contribution in [1.29, 1.82) is 0 Å². The Morgan fingerprint density at radius 3 is 2.78 bits per heavy atom. The number of cyclic esters (lactones) is 1. The number of amides is 1. The fourth-order valence-electron chi connectivity index (χ4n) is 3.96. The van der Waals surface area contributed by atoms with Gasteiger partial charge in [0.05, 0.1) is 17.9 Å². The number of benzene rings is 1. The summed E-state index contributed by atoms with van der Waals surface area (Å²) in [4.78, 5) is 15.6. The maximum atomic E-state index is 14.7. The molecule has 0 radical (unpaired) electrons. The molecule has 2 saturated heterocycles. The van der Waals surface area contributed by atoms with Gasteiger partial charge in [-0.2, -0.15) is 0 Å². The van der Waals surface area contributed by atoms with Crippen molar-refractivity contribution in [3.05, 3.63) is 36.3 Å². The molecule has 2 aromatic rings. The molecule has 0 bridgehead atoms. The number of carbonyl (C=O) groups is 1. The minimum atomic E-state index is -0.524. The number of nitrogens with two attached hydrogens (primary N) is 1. The van der Waals surface area contributed by atoms with Crippen molar-refractivity contribution in [2.75, 3.05) is 36.0 Å². The van der Waals surface area contributed by atoms with E-state index in [-0.39, 0.29) is 25.0 Å². The van der Waals surface area contributed by atoms with Gasteiger partial charge in [-0.15, -0.1) is 0 Å². The third-order valence-corrected chi connectivity index (χ3v) is 5.55. The van der Waals surface area contributed by atoms with E-state index in [1.165, 1.54) is 17.2 Å². The molecule has 1 saturated carbocycles. The van der Waals surface area contributed by atoms with Gasteiger partial charge >= 0.3 is 6.09 Å². The van der Waals surface area contributed by atoms with Crippen LogP contribution in [0.25, 0.3) is 0 Å². The Balaban J connectivity index is 1.24. The van der Waals surface area contributed by atoms with Crippen LogP contribution in [0.3, 0.4) is 0 Å². The fraction of sp³-hybridized carbons (Fsp3) is 0.444. The molecule has 1 aromatic heterocycles. The second kappa shape index (κ2) is 6.12. The van der Waals surface area contributed by atoms with Crippen LogP contribution in [0.4, 0.5) is 20.6 Å². The standard InChI is InChI=1S/C18H19FN4O4/c19-14-5-10(1-2-15(14)22-7-12-13(8-22)17(12)20)23-6-11(27-18(23)24)9-25-16-3-4-26-21-16/h1-5,11-13,17H,6-9,20H2/t11-,12-,13+,17?/m1/s1. The van der Waals surface area contributed by atoms with Gasteiger partial charge in [-0.3, -0.25) is 4.90 Å². The van der Waals surface area contributed by atoms with Gasteiger partial charge in [-0.25, -0.2) is 9.18 Å². The Morgan fingerprint density at radius 1 is 1.26 bits per heavy atom. The number of ether oxygens (including phenoxy) is 2. The molecule has 4 atom stereocenters. The molecular weight excluding hydrogens is 355 g/mol. The van der Waals surface area contributed by atoms with E-state index in [2.05, 4.69) is 9.68 Å². The molecule has 1 unspecified atom stereocenters. The minimum Gasteiger partial charge on any atom is -0.471 e. The predicted octanol–water partition coefficient (Wildman–Crippen LogP) is 1.61. The highest BCUT2D eigenvalue weighted by Gasteiger charge is 2.53. The number of carbonyl (C=O) groups excluding carboxylic acids is 1. The van der Waals surface area contributed by atoms with Crippen LogP contribution in [0.2, 0.25) is 0 Å². The van der Waals surface area contributed by atoms with E-state index in [1.54, 1.807) is 18.2 Å². The van der Waals surface area contributed by atoms with E-state index >= 15 is 0 Å². The number of halogens is 1. The van der Waals surface area contributed by atoms with Crippen LogP contribution in [0, 0.1) is 17.7 Å². The Labute approximate surface area is 154 Å². The summed E-state index contributed by atoms with van der Waals surface area (Å²) in [7, 11) is 0. The van der Waals surface area contributed by atoms with Crippen molar-refractivity contribution in [3.8, 4) is 5.88 Å². The average molecular weight is 374 g/mol. The molecular formula is C18H19FN4O4. The van der Waals surface area contributed by atoms with Crippen molar-refractivity contribution in [1.82, 2.24) is 5.16 Å². The van der Waals surface area contributed by atoms with E-state index in [9.17, 15) is 9.18 Å². The van der Waals surface area contributed by atoms with Crippen LogP contribution < -0.4 is 20.3 Å². The van der Waals surface area contributed by atoms with Gasteiger partial charge in [0.15, 0.2) is 6.10 Å². The molecule has 1 aromatic carbocycles. The molecule has 5 rings (SSSR count). The second-order valence-corrected chi connectivity index (χ2v) is 7.21. The first-order valence-corrected chi connectivity index (χ1v) is 8.91. The predicted molar refractivity (Wildman–Crippen MR) is 93.2 cm³/mol. The third kappa shape index (κ3) is 2.87. The first kappa shape index (κ1) is 16.4. The number of anilines is 2. The van der Waals surface area contributed by atoms with Crippen molar-refractivity contribution in [2.45, 2.75) is 12.1 Å². The van der Waals surface area contributed by atoms with Gasteiger partial charge in [0.25, 0.3) is 5.88 Å². The largest absolute Gasteiger partial charge is 0.471 e. The Hall–Kier alpha value is -2.81. The monoisotopic (exact) mass is 374 g/mol. The molecule has 9 heteroatoms. The molecule has 27 heavy (non-hydrogen) atoms. The van der Waals surface area contributed by atoms with Crippen LogP contribution >= 0.6 is 0 Å². The lowest BCUT2D eigenvalue weighted by Gasteiger charge is -2.23. The summed E-state index contributed by atoms with van der Waals surface area (Å²) in [5.41, 5.74) is 6.96. The summed E-state index contributed by atoms with van der Waals surface area (Å²) < 4.78 is 30.0. The second-order valence-electron chi connectivity index (χ2n) is 7.21. The van der Waals surface area contributed by atoms with Gasteiger partial charge in [-0.1, -0.05) is 0 Å². The lowest BCUT2D eigenvalue weighted by Crippen LogP contribution is -2.29. The van der Waals surface area contributed by atoms with Gasteiger partial charge < -0.3 is 24.6 Å². The number of nitrogens with zero attached hydrogens (tertiary/aromatic N) is 3. The van der Waals surface area contributed by atoms with Gasteiger partial charge in [0.1, 0.15) is 18.7 Å². The molecule has 142 valence electrons. The lowest BCUT2D eigenvalue weighted by molar-refractivity contribution is 0.102. The first-order valence-electron chi connectivity index (χ1n) is 8.91. The maximum absolute atomic E-state index is 14.7. The molecule has 2 aliphatic heterocycles. The van der Waals surface area contributed by atoms with Crippen LogP contribution in [0.1, 0.15) is 0 Å². The van der Waals surface area contributed by atoms with Crippen molar-refractivity contribution in [2.24, 2.45) is 17.6 Å². The fourth-order valence-corrected chi connectivity index (χ4v) is 3.96. The molecule has 2 N–H and O–H groups in total. The summed E-state index contributed by atoms with van der Waals surface area (Å²) >= 11 is 0. The minimum absolute atomic E-state index is 0.145. The summed E-state index contributed by atoms with van der Waals surface area (Å²) in [6.45, 7) is 2.00. The zero-order chi connectivity index (χ0) is 18.5. The maximum Gasteiger partial charge on any atom is 0.414 e. The SMILES string of the molecule is NC1[C@H]2CN(c3ccc(N4C[C@H](COc5ccon5)OC4=O)cc3F)C[C@@H]12.